The second-order valence-electron chi connectivity index (χ2n) is 9.48. The molecule has 0 aromatic heterocycles. The van der Waals surface area contributed by atoms with Crippen molar-refractivity contribution in [3.63, 3.8) is 0 Å². The van der Waals surface area contributed by atoms with E-state index < -0.39 is 22.7 Å². The van der Waals surface area contributed by atoms with Crippen LogP contribution in [0.5, 0.6) is 0 Å². The molecule has 34 heavy (non-hydrogen) atoms. The second kappa shape index (κ2) is 10.0. The van der Waals surface area contributed by atoms with Gasteiger partial charge in [0.25, 0.3) is 15.2 Å². The smallest absolute Gasteiger partial charge is 0.280 e. The van der Waals surface area contributed by atoms with E-state index in [1.54, 1.807) is 0 Å². The fraction of sp³-hybridized carbons (Fsp3) is 0.636. The van der Waals surface area contributed by atoms with Crippen LogP contribution in [0.1, 0.15) is 25.7 Å². The molecule has 0 aromatic carbocycles. The van der Waals surface area contributed by atoms with E-state index in [1.165, 1.54) is 0 Å². The molecule has 4 heterocycles. The van der Waals surface area contributed by atoms with Crippen molar-refractivity contribution in [1.82, 2.24) is 19.5 Å². The summed E-state index contributed by atoms with van der Waals surface area (Å²) in [5.41, 5.74) is 0. The molecular formula is C22H36N7O2P3. The van der Waals surface area contributed by atoms with Crippen molar-refractivity contribution in [1.29, 1.82) is 0 Å². The molecule has 0 saturated carbocycles. The summed E-state index contributed by atoms with van der Waals surface area (Å²) in [5, 5.41) is 7.30. The molecule has 2 unspecified atom stereocenters. The third-order valence-electron chi connectivity index (χ3n) is 6.89. The van der Waals surface area contributed by atoms with Gasteiger partial charge in [0.2, 0.25) is 7.51 Å². The molecular weight excluding hydrogens is 487 g/mol. The van der Waals surface area contributed by atoms with Crippen molar-refractivity contribution >= 4 is 22.7 Å². The Balaban J connectivity index is 1.52. The van der Waals surface area contributed by atoms with Gasteiger partial charge in [-0.2, -0.15) is 13.5 Å². The van der Waals surface area contributed by atoms with Gasteiger partial charge in [0, 0.05) is 51.1 Å². The van der Waals surface area contributed by atoms with Crippen LogP contribution < -0.4 is 10.2 Å². The highest BCUT2D eigenvalue weighted by atomic mass is 31.3. The van der Waals surface area contributed by atoms with Crippen LogP contribution in [0, 0.1) is 11.8 Å². The van der Waals surface area contributed by atoms with Crippen molar-refractivity contribution in [2.75, 3.05) is 52.5 Å². The van der Waals surface area contributed by atoms with E-state index >= 15 is 0 Å². The Morgan fingerprint density at radius 2 is 1.18 bits per heavy atom. The summed E-state index contributed by atoms with van der Waals surface area (Å²) in [6.07, 6.45) is 22.1. The first-order valence-electron chi connectivity index (χ1n) is 12.6. The number of allylic oxidation sites excluding steroid dienone is 4. The van der Waals surface area contributed by atoms with Gasteiger partial charge in [0.05, 0.1) is 13.2 Å². The molecule has 3 spiro atoms. The first-order valence-corrected chi connectivity index (χ1v) is 17.4. The van der Waals surface area contributed by atoms with Crippen molar-refractivity contribution in [2.24, 2.45) is 25.4 Å². The Bertz CT molecular complexity index is 977. The third kappa shape index (κ3) is 4.72. The van der Waals surface area contributed by atoms with E-state index in [0.29, 0.717) is 25.0 Å². The van der Waals surface area contributed by atoms with Gasteiger partial charge in [0.15, 0.2) is 0 Å². The Morgan fingerprint density at radius 1 is 0.676 bits per heavy atom. The van der Waals surface area contributed by atoms with Gasteiger partial charge in [-0.05, 0) is 25.7 Å². The Morgan fingerprint density at radius 3 is 1.65 bits per heavy atom. The molecule has 9 nitrogen and oxygen atoms in total. The molecule has 6 aliphatic rings. The molecule has 0 aromatic rings. The quantitative estimate of drug-likeness (QED) is 0.457. The van der Waals surface area contributed by atoms with E-state index in [0.717, 1.165) is 65.0 Å². The van der Waals surface area contributed by atoms with Crippen molar-refractivity contribution in [3.05, 3.63) is 48.6 Å². The summed E-state index contributed by atoms with van der Waals surface area (Å²) in [4.78, 5) is 0. The summed E-state index contributed by atoms with van der Waals surface area (Å²) in [6, 6.07) is 0. The molecule has 0 radical (unpaired) electrons. The number of nitrogens with one attached hydrogen (secondary N) is 2. The van der Waals surface area contributed by atoms with E-state index in [2.05, 4.69) is 68.1 Å². The Hall–Kier alpha value is -0.590. The SMILES string of the molecule is C1=CC(CN2CCCCN(CC3C=CC=C3)P23=NP2(=NP4(=N3)NCCCO4)NCCCO2)C=C1. The van der Waals surface area contributed by atoms with Crippen LogP contribution in [0.15, 0.2) is 62.2 Å². The van der Waals surface area contributed by atoms with Crippen LogP contribution in [-0.4, -0.2) is 61.8 Å². The van der Waals surface area contributed by atoms with E-state index in [-0.39, 0.29) is 0 Å². The topological polar surface area (TPSA) is 86.1 Å². The van der Waals surface area contributed by atoms with Crippen LogP contribution in [0.2, 0.25) is 0 Å². The lowest BCUT2D eigenvalue weighted by atomic mass is 10.1. The average molecular weight is 523 g/mol. The van der Waals surface area contributed by atoms with Crippen LogP contribution in [-0.2, 0) is 9.05 Å². The highest BCUT2D eigenvalue weighted by Crippen LogP contribution is 2.79. The predicted molar refractivity (Wildman–Crippen MR) is 141 cm³/mol. The van der Waals surface area contributed by atoms with Gasteiger partial charge in [-0.3, -0.25) is 0 Å². The van der Waals surface area contributed by atoms with Gasteiger partial charge in [-0.15, -0.1) is 0 Å². The summed E-state index contributed by atoms with van der Waals surface area (Å²) >= 11 is 0. The van der Waals surface area contributed by atoms with Gasteiger partial charge < -0.3 is 9.05 Å². The molecule has 12 heteroatoms. The van der Waals surface area contributed by atoms with Crippen LogP contribution in [0.4, 0.5) is 0 Å². The van der Waals surface area contributed by atoms with Crippen LogP contribution in [0.25, 0.3) is 0 Å². The Labute approximate surface area is 203 Å². The lowest BCUT2D eigenvalue weighted by molar-refractivity contribution is 0.299. The van der Waals surface area contributed by atoms with Crippen molar-refractivity contribution in [3.8, 4) is 0 Å². The van der Waals surface area contributed by atoms with Gasteiger partial charge >= 0.3 is 0 Å². The van der Waals surface area contributed by atoms with E-state index in [1.807, 2.05) is 0 Å². The minimum atomic E-state index is -2.57. The van der Waals surface area contributed by atoms with Crippen molar-refractivity contribution < 1.29 is 9.05 Å². The molecule has 2 atom stereocenters. The molecule has 6 rings (SSSR count). The highest BCUT2D eigenvalue weighted by molar-refractivity contribution is 7.81. The first kappa shape index (κ1) is 23.8. The molecule has 2 aliphatic carbocycles. The van der Waals surface area contributed by atoms with Crippen LogP contribution in [0.3, 0.4) is 0 Å². The maximum absolute atomic E-state index is 6.47. The zero-order chi connectivity index (χ0) is 22.9. The normalized spacial score (nSPS) is 36.2. The standard InChI is InChI=1S/C22H36N7O2P3/c1-2-10-21(9-1)19-28-15-5-6-16-29(20-22-11-3-4-12-22)34(28)26-32(23-13-7-17-30-32)25-33(27-34)24-14-8-18-31-33/h1-4,9-12,21-24H,5-8,13-20H2. The molecule has 186 valence electrons. The average Bonchev–Trinajstić information content (AvgIpc) is 3.52. The van der Waals surface area contributed by atoms with Gasteiger partial charge in [-0.1, -0.05) is 48.6 Å². The minimum absolute atomic E-state index is 0.386. The lowest BCUT2D eigenvalue weighted by Crippen LogP contribution is -2.36. The number of nitrogens with zero attached hydrogens (tertiary/aromatic N) is 5. The first-order chi connectivity index (χ1) is 16.7. The summed E-state index contributed by atoms with van der Waals surface area (Å²) in [7, 11) is -7.66. The summed E-state index contributed by atoms with van der Waals surface area (Å²) < 4.78 is 34.6. The number of hydrogen-bond acceptors (Lipinski definition) is 9. The highest BCUT2D eigenvalue weighted by Gasteiger charge is 2.47. The maximum Gasteiger partial charge on any atom is 0.280 e. The summed E-state index contributed by atoms with van der Waals surface area (Å²) in [6.45, 7) is 6.96. The molecule has 3 saturated heterocycles. The molecule has 4 aliphatic heterocycles. The zero-order valence-corrected chi connectivity index (χ0v) is 22.3. The predicted octanol–water partition coefficient (Wildman–Crippen LogP) is 5.74. The fourth-order valence-electron chi connectivity index (χ4n) is 5.19. The largest absolute Gasteiger partial charge is 0.316 e. The van der Waals surface area contributed by atoms with Crippen LogP contribution >= 0.6 is 22.7 Å². The molecule has 3 fully saturated rings. The molecule has 0 amide bonds. The zero-order valence-electron chi connectivity index (χ0n) is 19.7. The van der Waals surface area contributed by atoms with Gasteiger partial charge in [-0.25, -0.2) is 19.5 Å². The Kier molecular flexibility index (Phi) is 7.03. The minimum Gasteiger partial charge on any atom is -0.316 e. The van der Waals surface area contributed by atoms with E-state index in [9.17, 15) is 0 Å². The number of hydrogen-bond donors (Lipinski definition) is 2. The lowest BCUT2D eigenvalue weighted by Gasteiger charge is -2.46. The maximum atomic E-state index is 6.47. The summed E-state index contributed by atoms with van der Waals surface area (Å²) in [5.74, 6) is 0.771. The monoisotopic (exact) mass is 523 g/mol. The third-order valence-corrected chi connectivity index (χ3v) is 17.3. The molecule has 0 bridgehead atoms. The number of rotatable bonds is 4. The molecule has 2 N–H and O–H groups in total. The van der Waals surface area contributed by atoms with Crippen molar-refractivity contribution in [2.45, 2.75) is 25.7 Å². The van der Waals surface area contributed by atoms with E-state index in [4.69, 9.17) is 22.6 Å². The second-order valence-corrected chi connectivity index (χ2v) is 17.2. The fourth-order valence-corrected chi connectivity index (χ4v) is 18.0. The van der Waals surface area contributed by atoms with Gasteiger partial charge in [0.1, 0.15) is 0 Å².